The van der Waals surface area contributed by atoms with E-state index in [1.165, 1.54) is 34.3 Å². The van der Waals surface area contributed by atoms with E-state index < -0.39 is 191 Å². The standard InChI is InChI=1S/C91H125N19O29/c1-103(52-74-96-65-10-3-4-11-66(65)97-74)88(130)59-14-16-63-61(46-59)50-109(90(132)72(94-63)48-80(117)118)25-8-36-135-39-42-137-41-38-134-35-7-24-92-85(127)69(101-87(129)71(20-23-79(115)116)102-86(128)70(19-22-78(113)114)100-77(112)54-105-27-29-106(55-82(121)122)31-33-108(57-84(125)126)34-32-107(30-28-105)56-83(123)124)18-21-76(111)93-58-139-45-44-138-43-40-136-37-9-26-110-51-62-47-60(15-17-64(62)95-73(91(110)133)49-81(119)120)89(131)104(2)53-75-98-67-12-5-6-13-68(67)99-75/h3-6,10-17,46-47,69-73,94-95H,7-9,18-45,48-58H2,1-2H3,(H,92,127)(H,93,111)(H,96,97)(H,98,99)(H,100,112)(H,101,129)(H,102,128)(H,113,114)(H,115,116)(H,117,118)(H,119,120)(H,121,122)(H,123,124)(H,125,126)/t69-,70-,71-,72-,73-/m0/s1. The van der Waals surface area contributed by atoms with Crippen LogP contribution in [0.5, 0.6) is 0 Å². The fourth-order valence-electron chi connectivity index (χ4n) is 15.6. The molecule has 5 heterocycles. The monoisotopic (exact) mass is 1950 g/mol. The molecule has 5 atom stereocenters. The van der Waals surface area contributed by atoms with Crippen LogP contribution < -0.4 is 37.2 Å². The molecular weight excluding hydrogens is 1820 g/mol. The van der Waals surface area contributed by atoms with E-state index in [-0.39, 0.29) is 196 Å². The van der Waals surface area contributed by atoms with Gasteiger partial charge in [-0.15, -0.1) is 0 Å². The second-order valence-corrected chi connectivity index (χ2v) is 33.6. The Bertz CT molecular complexity index is 5080. The van der Waals surface area contributed by atoms with Crippen molar-refractivity contribution >= 4 is 128 Å². The maximum Gasteiger partial charge on any atom is 0.317 e. The highest BCUT2D eigenvalue weighted by Crippen LogP contribution is 2.30. The van der Waals surface area contributed by atoms with Crippen molar-refractivity contribution in [1.82, 2.24) is 85.7 Å². The highest BCUT2D eigenvalue weighted by atomic mass is 16.6. The van der Waals surface area contributed by atoms with Gasteiger partial charge in [0.1, 0.15) is 48.6 Å². The Morgan fingerprint density at radius 3 is 1.17 bits per heavy atom. The number of rotatable bonds is 59. The van der Waals surface area contributed by atoms with Crippen LogP contribution in [0.15, 0.2) is 84.9 Å². The number of imidazole rings is 2. The molecule has 1 saturated heterocycles. The van der Waals surface area contributed by atoms with Crippen LogP contribution in [0.4, 0.5) is 11.4 Å². The Morgan fingerprint density at radius 1 is 0.410 bits per heavy atom. The average Bonchev–Trinajstić information content (AvgIpc) is 1.65. The smallest absolute Gasteiger partial charge is 0.317 e. The molecule has 3 aliphatic rings. The summed E-state index contributed by atoms with van der Waals surface area (Å²) in [5.41, 5.74) is 6.14. The first-order valence-electron chi connectivity index (χ1n) is 45.8. The van der Waals surface area contributed by atoms with E-state index in [1.54, 1.807) is 55.4 Å². The van der Waals surface area contributed by atoms with Gasteiger partial charge in [-0.05, 0) is 110 Å². The largest absolute Gasteiger partial charge is 0.481 e. The molecule has 0 saturated carbocycles. The molecule has 139 heavy (non-hydrogen) atoms. The summed E-state index contributed by atoms with van der Waals surface area (Å²) in [6, 6.07) is 17.7. The Morgan fingerprint density at radius 2 is 0.777 bits per heavy atom. The van der Waals surface area contributed by atoms with E-state index in [2.05, 4.69) is 57.2 Å². The van der Waals surface area contributed by atoms with Gasteiger partial charge in [-0.2, -0.15) is 0 Å². The van der Waals surface area contributed by atoms with Gasteiger partial charge in [0, 0.05) is 161 Å². The minimum atomic E-state index is -1.78. The number of aromatic amines is 2. The summed E-state index contributed by atoms with van der Waals surface area (Å²) < 4.78 is 34.2. The van der Waals surface area contributed by atoms with Crippen LogP contribution >= 0.6 is 0 Å². The summed E-state index contributed by atoms with van der Waals surface area (Å²) >= 11 is 0. The third-order valence-electron chi connectivity index (χ3n) is 22.7. The van der Waals surface area contributed by atoms with E-state index in [4.69, 9.17) is 28.4 Å². The molecular formula is C91H125N19O29. The number of carbonyl (C=O) groups is 16. The minimum Gasteiger partial charge on any atom is -0.481 e. The van der Waals surface area contributed by atoms with Gasteiger partial charge in [-0.25, -0.2) is 9.97 Å². The fourth-order valence-corrected chi connectivity index (χ4v) is 15.6. The summed E-state index contributed by atoms with van der Waals surface area (Å²) in [5, 5.41) is 86.8. The number of hydrogen-bond donors (Lipinski definition) is 16. The van der Waals surface area contributed by atoms with Crippen molar-refractivity contribution in [2.75, 3.05) is 202 Å². The van der Waals surface area contributed by atoms with Gasteiger partial charge < -0.3 is 131 Å². The molecule has 0 aliphatic carbocycles. The summed E-state index contributed by atoms with van der Waals surface area (Å²) in [7, 11) is 3.30. The van der Waals surface area contributed by atoms with Crippen molar-refractivity contribution in [2.45, 2.75) is 127 Å². The first-order valence-corrected chi connectivity index (χ1v) is 45.8. The van der Waals surface area contributed by atoms with Gasteiger partial charge in [-0.3, -0.25) is 96.3 Å². The lowest BCUT2D eigenvalue weighted by molar-refractivity contribution is -0.141. The SMILES string of the molecule is CN(Cc1nc2ccccc2[nH]1)C(=O)c1ccc2c(c1)CN(CCCOCCOCCOCCCNC(=O)[C@H](CCC(=O)NCOCCOCCOCCCN1Cc3cc(C(=O)N(C)Cc4nc5ccccc5[nH]4)ccc3N[C@@H](CC(=O)O)C1=O)NC(=O)[C@H](CCC(=O)O)NC(=O)[C@H](CCC(=O)O)NC(=O)CN1CCN(CC(=O)O)CCN(CC(=O)O)CCN(CC(=O)O)CC1)C(=O)[C@H](CC(=O)O)N2. The molecule has 6 aromatic rings. The number of carbonyl (C=O) groups excluding carboxylic acids is 9. The molecule has 0 radical (unpaired) electrons. The molecule has 1 fully saturated rings. The van der Waals surface area contributed by atoms with Crippen molar-refractivity contribution in [1.29, 1.82) is 0 Å². The number of benzene rings is 4. The number of carboxylic acid groups (broad SMARTS) is 7. The van der Waals surface area contributed by atoms with E-state index in [0.717, 1.165) is 22.1 Å². The number of amides is 9. The lowest BCUT2D eigenvalue weighted by Gasteiger charge is -2.33. The van der Waals surface area contributed by atoms with Crippen LogP contribution in [0.25, 0.3) is 22.1 Å². The molecule has 0 bridgehead atoms. The van der Waals surface area contributed by atoms with E-state index in [1.807, 2.05) is 48.5 Å². The molecule has 9 amide bonds. The van der Waals surface area contributed by atoms with Crippen molar-refractivity contribution in [3.8, 4) is 0 Å². The van der Waals surface area contributed by atoms with Crippen molar-refractivity contribution in [2.24, 2.45) is 0 Å². The van der Waals surface area contributed by atoms with Crippen LogP contribution in [0, 0.1) is 0 Å². The zero-order valence-electron chi connectivity index (χ0n) is 77.8. The van der Waals surface area contributed by atoms with Gasteiger partial charge in [-0.1, -0.05) is 24.3 Å². The zero-order chi connectivity index (χ0) is 100. The van der Waals surface area contributed by atoms with Gasteiger partial charge in [0.05, 0.1) is 127 Å². The van der Waals surface area contributed by atoms with Crippen LogP contribution in [-0.2, 0) is 122 Å². The van der Waals surface area contributed by atoms with E-state index in [0.29, 0.717) is 58.1 Å². The molecule has 4 aromatic carbocycles. The highest BCUT2D eigenvalue weighted by molar-refractivity contribution is 5.98. The number of ether oxygens (including phenoxy) is 6. The summed E-state index contributed by atoms with van der Waals surface area (Å²) in [6.07, 6.45) is -3.51. The number of nitrogens with zero attached hydrogens (tertiary/aromatic N) is 10. The van der Waals surface area contributed by atoms with Crippen molar-refractivity contribution in [3.05, 3.63) is 119 Å². The quantitative estimate of drug-likeness (QED) is 0.0173. The minimum absolute atomic E-state index is 0.0105. The summed E-state index contributed by atoms with van der Waals surface area (Å²) in [6.45, 7) is 0.301. The van der Waals surface area contributed by atoms with Crippen LogP contribution in [0.3, 0.4) is 0 Å². The number of nitrogens with one attached hydrogen (secondary N) is 9. The number of aliphatic carboxylic acids is 7. The van der Waals surface area contributed by atoms with Gasteiger partial charge in [0.15, 0.2) is 0 Å². The topological polar surface area (TPSA) is 638 Å². The number of carboxylic acids is 7. The number of aromatic nitrogens is 4. The van der Waals surface area contributed by atoms with Crippen molar-refractivity contribution < 1.29 is 141 Å². The molecule has 9 rings (SSSR count). The van der Waals surface area contributed by atoms with Crippen LogP contribution in [-0.4, -0.2) is 412 Å². The van der Waals surface area contributed by atoms with Crippen molar-refractivity contribution in [3.63, 3.8) is 0 Å². The number of hydrogen-bond acceptors (Lipinski definition) is 30. The average molecular weight is 1950 g/mol. The molecule has 2 aromatic heterocycles. The maximum absolute atomic E-state index is 14.4. The van der Waals surface area contributed by atoms with E-state index >= 15 is 0 Å². The van der Waals surface area contributed by atoms with Gasteiger partial charge in [0.25, 0.3) is 11.8 Å². The lowest BCUT2D eigenvalue weighted by atomic mass is 10.1. The van der Waals surface area contributed by atoms with Crippen LogP contribution in [0.2, 0.25) is 0 Å². The number of fused-ring (bicyclic) bond motifs is 4. The Labute approximate surface area is 799 Å². The molecule has 48 heteroatoms. The number of H-pyrrole nitrogens is 2. The Hall–Kier alpha value is -13.5. The summed E-state index contributed by atoms with van der Waals surface area (Å²) in [5.74, 6) is -13.7. The molecule has 0 unspecified atom stereocenters. The Kier molecular flexibility index (Phi) is 44.8. The summed E-state index contributed by atoms with van der Waals surface area (Å²) in [4.78, 5) is 237. The van der Waals surface area contributed by atoms with Gasteiger partial charge >= 0.3 is 41.8 Å². The third kappa shape index (κ3) is 38.1. The van der Waals surface area contributed by atoms with E-state index in [9.17, 15) is 112 Å². The highest BCUT2D eigenvalue weighted by Gasteiger charge is 2.36. The molecule has 3 aliphatic heterocycles. The zero-order valence-corrected chi connectivity index (χ0v) is 77.8. The number of para-hydroxylation sites is 4. The second-order valence-electron chi connectivity index (χ2n) is 33.6. The lowest BCUT2D eigenvalue weighted by Crippen LogP contribution is -2.57. The first-order chi connectivity index (χ1) is 66.7. The Balaban J connectivity index is 0.738. The second kappa shape index (κ2) is 57.0. The normalized spacial score (nSPS) is 15.9. The predicted octanol–water partition coefficient (Wildman–Crippen LogP) is -0.222. The third-order valence-corrected chi connectivity index (χ3v) is 22.7. The maximum atomic E-state index is 14.4. The first kappa shape index (κ1) is 109. The molecule has 758 valence electrons. The fraction of sp³-hybridized carbons (Fsp3) is 0.538. The molecule has 16 N–H and O–H groups in total. The molecule has 0 spiro atoms. The van der Waals surface area contributed by atoms with Crippen LogP contribution in [0.1, 0.15) is 114 Å². The molecule has 48 nitrogen and oxygen atoms in total. The number of anilines is 2. The van der Waals surface area contributed by atoms with Gasteiger partial charge in [0.2, 0.25) is 41.4 Å². The predicted molar refractivity (Wildman–Crippen MR) is 494 cm³/mol.